The van der Waals surface area contributed by atoms with E-state index in [1.54, 1.807) is 12.1 Å². The van der Waals surface area contributed by atoms with Crippen LogP contribution in [0.5, 0.6) is 11.5 Å². The smallest absolute Gasteiger partial charge is 0.286 e. The van der Waals surface area contributed by atoms with Gasteiger partial charge in [-0.05, 0) is 31.0 Å². The van der Waals surface area contributed by atoms with E-state index in [4.69, 9.17) is 9.47 Å². The number of hydrogen-bond acceptors (Lipinski definition) is 6. The van der Waals surface area contributed by atoms with E-state index in [9.17, 15) is 14.9 Å². The summed E-state index contributed by atoms with van der Waals surface area (Å²) < 4.78 is 10.3. The number of methoxy groups -OCH3 is 2. The Bertz CT molecular complexity index is 1100. The molecule has 1 aromatic heterocycles. The van der Waals surface area contributed by atoms with Gasteiger partial charge in [0.2, 0.25) is 0 Å². The Kier molecular flexibility index (Phi) is 4.79. The van der Waals surface area contributed by atoms with Crippen molar-refractivity contribution in [3.05, 3.63) is 51.8 Å². The van der Waals surface area contributed by atoms with E-state index < -0.39 is 10.8 Å². The van der Waals surface area contributed by atoms with E-state index in [2.05, 4.69) is 15.3 Å². The summed E-state index contributed by atoms with van der Waals surface area (Å²) >= 11 is 0. The van der Waals surface area contributed by atoms with Crippen molar-refractivity contribution in [3.8, 4) is 11.5 Å². The fraction of sp³-hybridized carbons (Fsp3) is 0.300. The summed E-state index contributed by atoms with van der Waals surface area (Å²) in [6.07, 6.45) is 3.48. The summed E-state index contributed by atoms with van der Waals surface area (Å²) in [5, 5.41) is 14.2. The van der Waals surface area contributed by atoms with Crippen LogP contribution in [0.3, 0.4) is 0 Å². The molecule has 9 heteroatoms. The van der Waals surface area contributed by atoms with E-state index >= 15 is 0 Å². The number of imidazole rings is 1. The van der Waals surface area contributed by atoms with Crippen LogP contribution in [0.25, 0.3) is 11.0 Å². The van der Waals surface area contributed by atoms with Crippen molar-refractivity contribution in [1.82, 2.24) is 9.97 Å². The summed E-state index contributed by atoms with van der Waals surface area (Å²) in [4.78, 5) is 31.5. The van der Waals surface area contributed by atoms with Crippen LogP contribution >= 0.6 is 0 Å². The van der Waals surface area contributed by atoms with Crippen LogP contribution in [0.4, 0.5) is 11.4 Å². The molecule has 0 saturated heterocycles. The number of nitro benzene ring substituents is 1. The third-order valence-electron chi connectivity index (χ3n) is 5.19. The molecule has 9 nitrogen and oxygen atoms in total. The average Bonchev–Trinajstić information content (AvgIpc) is 3.07. The highest BCUT2D eigenvalue weighted by atomic mass is 16.6. The van der Waals surface area contributed by atoms with Gasteiger partial charge in [-0.1, -0.05) is 6.42 Å². The lowest BCUT2D eigenvalue weighted by Gasteiger charge is -2.22. The van der Waals surface area contributed by atoms with Crippen LogP contribution in [0, 0.1) is 10.1 Å². The van der Waals surface area contributed by atoms with Gasteiger partial charge >= 0.3 is 0 Å². The molecule has 0 unspecified atom stereocenters. The highest BCUT2D eigenvalue weighted by Crippen LogP contribution is 2.36. The summed E-state index contributed by atoms with van der Waals surface area (Å²) in [5.74, 6) is 1.23. The number of amides is 1. The van der Waals surface area contributed by atoms with Gasteiger partial charge in [0.05, 0.1) is 36.2 Å². The highest BCUT2D eigenvalue weighted by molar-refractivity contribution is 6.08. The van der Waals surface area contributed by atoms with Crippen molar-refractivity contribution in [2.24, 2.45) is 0 Å². The minimum atomic E-state index is -0.625. The number of carbonyl (C=O) groups excluding carboxylic acids is 1. The Hall–Kier alpha value is -3.62. The molecule has 2 aromatic carbocycles. The lowest BCUT2D eigenvalue weighted by molar-refractivity contribution is -0.385. The molecule has 0 aliphatic heterocycles. The second-order valence-corrected chi connectivity index (χ2v) is 6.92. The summed E-state index contributed by atoms with van der Waals surface area (Å²) in [6.45, 7) is 0. The van der Waals surface area contributed by atoms with E-state index in [0.717, 1.165) is 29.7 Å². The number of hydrogen-bond donors (Lipinski definition) is 2. The van der Waals surface area contributed by atoms with Crippen molar-refractivity contribution >= 4 is 28.3 Å². The maximum Gasteiger partial charge on any atom is 0.286 e. The van der Waals surface area contributed by atoms with E-state index in [-0.39, 0.29) is 22.7 Å². The monoisotopic (exact) mass is 396 g/mol. The minimum absolute atomic E-state index is 0.118. The summed E-state index contributed by atoms with van der Waals surface area (Å²) in [6, 6.07) is 7.78. The molecule has 1 amide bonds. The molecule has 0 bridgehead atoms. The number of H-pyrrole nitrogens is 1. The third kappa shape index (κ3) is 3.46. The fourth-order valence-electron chi connectivity index (χ4n) is 3.38. The first kappa shape index (κ1) is 18.7. The number of fused-ring (bicyclic) bond motifs is 1. The first-order valence-electron chi connectivity index (χ1n) is 9.21. The standard InChI is InChI=1S/C20H20N4O5/c1-28-17-9-13(16(24(26)27)10-18(17)29-2)20(25)21-12-6-7-14-15(8-12)23-19(22-14)11-4-3-5-11/h6-11H,3-5H2,1-2H3,(H,21,25)(H,22,23). The molecule has 0 spiro atoms. The van der Waals surface area contributed by atoms with Gasteiger partial charge in [-0.3, -0.25) is 14.9 Å². The van der Waals surface area contributed by atoms with Crippen molar-refractivity contribution in [2.45, 2.75) is 25.2 Å². The quantitative estimate of drug-likeness (QED) is 0.480. The van der Waals surface area contributed by atoms with E-state index in [1.165, 1.54) is 32.8 Å². The summed E-state index contributed by atoms with van der Waals surface area (Å²) in [5.41, 5.74) is 1.66. The number of ether oxygens (including phenoxy) is 2. The molecule has 2 N–H and O–H groups in total. The summed E-state index contributed by atoms with van der Waals surface area (Å²) in [7, 11) is 2.77. The molecule has 1 saturated carbocycles. The van der Waals surface area contributed by atoms with Crippen molar-refractivity contribution in [2.75, 3.05) is 19.5 Å². The molecule has 150 valence electrons. The normalized spacial score (nSPS) is 13.7. The molecule has 3 aromatic rings. The van der Waals surface area contributed by atoms with Crippen LogP contribution in [0.2, 0.25) is 0 Å². The Morgan fingerprint density at radius 2 is 1.93 bits per heavy atom. The van der Waals surface area contributed by atoms with E-state index in [1.807, 2.05) is 6.07 Å². The number of aromatic amines is 1. The Morgan fingerprint density at radius 1 is 1.21 bits per heavy atom. The molecule has 1 aliphatic carbocycles. The molecule has 0 atom stereocenters. The number of benzene rings is 2. The first-order chi connectivity index (χ1) is 14.0. The molecule has 1 fully saturated rings. The minimum Gasteiger partial charge on any atom is -0.493 e. The molecular formula is C20H20N4O5. The topological polar surface area (TPSA) is 119 Å². The zero-order valence-corrected chi connectivity index (χ0v) is 16.0. The van der Waals surface area contributed by atoms with Crippen LogP contribution in [-0.4, -0.2) is 35.0 Å². The molecule has 29 heavy (non-hydrogen) atoms. The zero-order valence-electron chi connectivity index (χ0n) is 16.0. The van der Waals surface area contributed by atoms with Gasteiger partial charge in [0, 0.05) is 17.7 Å². The predicted molar refractivity (Wildman–Crippen MR) is 107 cm³/mol. The number of nitro groups is 1. The van der Waals surface area contributed by atoms with Crippen LogP contribution < -0.4 is 14.8 Å². The van der Waals surface area contributed by atoms with Gasteiger partial charge in [0.25, 0.3) is 11.6 Å². The maximum atomic E-state index is 12.8. The lowest BCUT2D eigenvalue weighted by Crippen LogP contribution is -2.14. The number of anilines is 1. The van der Waals surface area contributed by atoms with Gasteiger partial charge in [0.1, 0.15) is 11.4 Å². The van der Waals surface area contributed by atoms with Gasteiger partial charge in [0.15, 0.2) is 11.5 Å². The SMILES string of the molecule is COc1cc(C(=O)Nc2ccc3nc(C4CCC4)[nH]c3c2)c([N+](=O)[O-])cc1OC. The average molecular weight is 396 g/mol. The maximum absolute atomic E-state index is 12.8. The number of nitrogens with one attached hydrogen (secondary N) is 2. The van der Waals surface area contributed by atoms with Crippen LogP contribution in [0.1, 0.15) is 41.4 Å². The van der Waals surface area contributed by atoms with Gasteiger partial charge in [-0.25, -0.2) is 4.98 Å². The Balaban J connectivity index is 1.64. The van der Waals surface area contributed by atoms with Crippen molar-refractivity contribution in [3.63, 3.8) is 0 Å². The second-order valence-electron chi connectivity index (χ2n) is 6.92. The van der Waals surface area contributed by atoms with Crippen LogP contribution in [-0.2, 0) is 0 Å². The van der Waals surface area contributed by atoms with Gasteiger partial charge in [-0.2, -0.15) is 0 Å². The largest absolute Gasteiger partial charge is 0.493 e. The third-order valence-corrected chi connectivity index (χ3v) is 5.19. The van der Waals surface area contributed by atoms with Crippen molar-refractivity contribution in [1.29, 1.82) is 0 Å². The second kappa shape index (κ2) is 7.42. The Labute approximate surface area is 166 Å². The number of rotatable bonds is 6. The first-order valence-corrected chi connectivity index (χ1v) is 9.21. The van der Waals surface area contributed by atoms with Gasteiger partial charge in [-0.15, -0.1) is 0 Å². The van der Waals surface area contributed by atoms with Crippen LogP contribution in [0.15, 0.2) is 30.3 Å². The zero-order chi connectivity index (χ0) is 20.5. The fourth-order valence-corrected chi connectivity index (χ4v) is 3.38. The van der Waals surface area contributed by atoms with Gasteiger partial charge < -0.3 is 19.8 Å². The lowest BCUT2D eigenvalue weighted by atomic mass is 9.85. The molecule has 1 heterocycles. The molecule has 0 radical (unpaired) electrons. The number of carbonyl (C=O) groups is 1. The molecular weight excluding hydrogens is 376 g/mol. The molecule has 4 rings (SSSR count). The predicted octanol–water partition coefficient (Wildman–Crippen LogP) is 4.01. The Morgan fingerprint density at radius 3 is 2.55 bits per heavy atom. The van der Waals surface area contributed by atoms with E-state index in [0.29, 0.717) is 11.6 Å². The highest BCUT2D eigenvalue weighted by Gasteiger charge is 2.25. The van der Waals surface area contributed by atoms with Crippen molar-refractivity contribution < 1.29 is 19.2 Å². The number of aromatic nitrogens is 2. The number of nitrogens with zero attached hydrogens (tertiary/aromatic N) is 2. The molecule has 1 aliphatic rings.